The first-order valence-electron chi connectivity index (χ1n) is 6.54. The van der Waals surface area contributed by atoms with Gasteiger partial charge in [0, 0.05) is 5.56 Å². The van der Waals surface area contributed by atoms with Crippen molar-refractivity contribution >= 4 is 6.08 Å². The summed E-state index contributed by atoms with van der Waals surface area (Å²) < 4.78 is 43.8. The first kappa shape index (κ1) is 16.6. The summed E-state index contributed by atoms with van der Waals surface area (Å²) in [7, 11) is 0. The Bertz CT molecular complexity index is 443. The quantitative estimate of drug-likeness (QED) is 0.820. The molecule has 2 nitrogen and oxygen atoms in total. The van der Waals surface area contributed by atoms with Crippen LogP contribution in [0.3, 0.4) is 0 Å². The van der Waals surface area contributed by atoms with Crippen molar-refractivity contribution in [3.8, 4) is 5.75 Å². The summed E-state index contributed by atoms with van der Waals surface area (Å²) in [5.74, 6) is 0.415. The van der Waals surface area contributed by atoms with Gasteiger partial charge in [-0.3, -0.25) is 0 Å². The lowest BCUT2D eigenvalue weighted by molar-refractivity contribution is -0.161. The molecule has 0 bridgehead atoms. The maximum atomic E-state index is 12.8. The lowest BCUT2D eigenvalue weighted by atomic mass is 10.1. The highest BCUT2D eigenvalue weighted by Gasteiger charge is 2.39. The molecule has 1 N–H and O–H groups in total. The van der Waals surface area contributed by atoms with Crippen LogP contribution in [0, 0.1) is 6.92 Å². The van der Waals surface area contributed by atoms with Gasteiger partial charge in [0.05, 0.1) is 0 Å². The number of halogens is 3. The molecular weight excluding hydrogens is 267 g/mol. The Morgan fingerprint density at radius 1 is 1.40 bits per heavy atom. The SMILES string of the molecule is C=Cc1cc(C)ccc1OCC(NCCC)C(F)(F)F. The predicted molar refractivity (Wildman–Crippen MR) is 74.9 cm³/mol. The Balaban J connectivity index is 2.74. The van der Waals surface area contributed by atoms with E-state index in [2.05, 4.69) is 11.9 Å². The van der Waals surface area contributed by atoms with Gasteiger partial charge in [0.1, 0.15) is 18.4 Å². The molecular formula is C15H20F3NO. The summed E-state index contributed by atoms with van der Waals surface area (Å²) in [5, 5.41) is 2.45. The van der Waals surface area contributed by atoms with Gasteiger partial charge in [-0.15, -0.1) is 0 Å². The molecule has 0 aliphatic heterocycles. The molecule has 0 aliphatic rings. The lowest BCUT2D eigenvalue weighted by Crippen LogP contribution is -2.46. The number of rotatable bonds is 7. The van der Waals surface area contributed by atoms with Crippen LogP contribution in [-0.2, 0) is 0 Å². The van der Waals surface area contributed by atoms with Gasteiger partial charge in [-0.1, -0.05) is 31.2 Å². The number of ether oxygens (including phenoxy) is 1. The van der Waals surface area contributed by atoms with Gasteiger partial charge in [0.2, 0.25) is 0 Å². The summed E-state index contributed by atoms with van der Waals surface area (Å²) >= 11 is 0. The van der Waals surface area contributed by atoms with E-state index in [4.69, 9.17) is 4.74 Å². The molecule has 0 heterocycles. The average molecular weight is 287 g/mol. The number of alkyl halides is 3. The van der Waals surface area contributed by atoms with Crippen molar-refractivity contribution in [1.82, 2.24) is 5.32 Å². The predicted octanol–water partition coefficient (Wildman–Crippen LogP) is 3.95. The number of aryl methyl sites for hydroxylation is 1. The molecule has 1 atom stereocenters. The fourth-order valence-electron chi connectivity index (χ4n) is 1.72. The molecule has 1 aromatic carbocycles. The number of hydrogen-bond acceptors (Lipinski definition) is 2. The van der Waals surface area contributed by atoms with E-state index in [-0.39, 0.29) is 0 Å². The van der Waals surface area contributed by atoms with E-state index in [0.717, 1.165) is 5.56 Å². The molecule has 0 aliphatic carbocycles. The summed E-state index contributed by atoms with van der Waals surface area (Å²) in [4.78, 5) is 0. The van der Waals surface area contributed by atoms with E-state index in [0.29, 0.717) is 24.3 Å². The highest BCUT2D eigenvalue weighted by Crippen LogP contribution is 2.24. The minimum absolute atomic E-state index is 0.301. The Morgan fingerprint density at radius 3 is 2.65 bits per heavy atom. The van der Waals surface area contributed by atoms with Gasteiger partial charge >= 0.3 is 6.18 Å². The second-order valence-electron chi connectivity index (χ2n) is 4.60. The lowest BCUT2D eigenvalue weighted by Gasteiger charge is -2.22. The molecule has 0 aromatic heterocycles. The van der Waals surface area contributed by atoms with Crippen LogP contribution in [-0.4, -0.2) is 25.4 Å². The van der Waals surface area contributed by atoms with Crippen LogP contribution in [0.25, 0.3) is 6.08 Å². The first-order valence-corrected chi connectivity index (χ1v) is 6.54. The maximum Gasteiger partial charge on any atom is 0.407 e. The van der Waals surface area contributed by atoms with Crippen LogP contribution in [0.4, 0.5) is 13.2 Å². The largest absolute Gasteiger partial charge is 0.491 e. The number of hydrogen-bond donors (Lipinski definition) is 1. The third-order valence-electron chi connectivity index (χ3n) is 2.83. The molecule has 20 heavy (non-hydrogen) atoms. The van der Waals surface area contributed by atoms with Crippen molar-refractivity contribution in [2.75, 3.05) is 13.2 Å². The highest BCUT2D eigenvalue weighted by atomic mass is 19.4. The smallest absolute Gasteiger partial charge is 0.407 e. The molecule has 1 unspecified atom stereocenters. The van der Waals surface area contributed by atoms with E-state index in [1.807, 2.05) is 19.9 Å². The normalized spacial score (nSPS) is 13.1. The van der Waals surface area contributed by atoms with Crippen LogP contribution in [0.1, 0.15) is 24.5 Å². The Morgan fingerprint density at radius 2 is 2.10 bits per heavy atom. The van der Waals surface area contributed by atoms with Gasteiger partial charge in [-0.25, -0.2) is 0 Å². The monoisotopic (exact) mass is 287 g/mol. The second kappa shape index (κ2) is 7.33. The van der Waals surface area contributed by atoms with E-state index in [9.17, 15) is 13.2 Å². The zero-order valence-electron chi connectivity index (χ0n) is 11.8. The van der Waals surface area contributed by atoms with Crippen molar-refractivity contribution < 1.29 is 17.9 Å². The molecule has 0 spiro atoms. The third-order valence-corrected chi connectivity index (χ3v) is 2.83. The van der Waals surface area contributed by atoms with Crippen LogP contribution in [0.15, 0.2) is 24.8 Å². The summed E-state index contributed by atoms with van der Waals surface area (Å²) in [6, 6.07) is 3.62. The zero-order chi connectivity index (χ0) is 15.2. The number of benzene rings is 1. The van der Waals surface area contributed by atoms with E-state index in [1.54, 1.807) is 18.2 Å². The standard InChI is InChI=1S/C15H20F3NO/c1-4-8-19-14(15(16,17)18)10-20-13-7-6-11(3)9-12(13)5-2/h5-7,9,14,19H,2,4,8,10H2,1,3H3. The molecule has 0 saturated carbocycles. The molecule has 0 amide bonds. The highest BCUT2D eigenvalue weighted by molar-refractivity contribution is 5.56. The van der Waals surface area contributed by atoms with E-state index in [1.165, 1.54) is 0 Å². The molecule has 5 heteroatoms. The number of nitrogens with one attached hydrogen (secondary N) is 1. The topological polar surface area (TPSA) is 21.3 Å². The van der Waals surface area contributed by atoms with Crippen molar-refractivity contribution in [1.29, 1.82) is 0 Å². The van der Waals surface area contributed by atoms with Crippen LogP contribution < -0.4 is 10.1 Å². The van der Waals surface area contributed by atoms with Gasteiger partial charge in [-0.05, 0) is 32.0 Å². The summed E-state index contributed by atoms with van der Waals surface area (Å²) in [5.41, 5.74) is 1.70. The minimum Gasteiger partial charge on any atom is -0.491 e. The van der Waals surface area contributed by atoms with E-state index < -0.39 is 18.8 Å². The van der Waals surface area contributed by atoms with Crippen molar-refractivity contribution in [2.45, 2.75) is 32.5 Å². The van der Waals surface area contributed by atoms with Gasteiger partial charge in [0.15, 0.2) is 0 Å². The first-order chi connectivity index (χ1) is 9.38. The van der Waals surface area contributed by atoms with Crippen LogP contribution in [0.2, 0.25) is 0 Å². The molecule has 0 radical (unpaired) electrons. The fraction of sp³-hybridized carbons (Fsp3) is 0.467. The molecule has 112 valence electrons. The van der Waals surface area contributed by atoms with Crippen LogP contribution >= 0.6 is 0 Å². The van der Waals surface area contributed by atoms with Crippen molar-refractivity contribution in [3.05, 3.63) is 35.9 Å². The van der Waals surface area contributed by atoms with Gasteiger partial charge in [-0.2, -0.15) is 13.2 Å². The molecule has 1 aromatic rings. The Labute approximate surface area is 117 Å². The minimum atomic E-state index is -4.33. The Kier molecular flexibility index (Phi) is 6.07. The maximum absolute atomic E-state index is 12.8. The Hall–Kier alpha value is -1.49. The van der Waals surface area contributed by atoms with Crippen molar-refractivity contribution in [2.24, 2.45) is 0 Å². The molecule has 0 saturated heterocycles. The summed E-state index contributed by atoms with van der Waals surface area (Å²) in [6.45, 7) is 7.21. The fourth-order valence-corrected chi connectivity index (χ4v) is 1.72. The second-order valence-corrected chi connectivity index (χ2v) is 4.60. The van der Waals surface area contributed by atoms with Crippen LogP contribution in [0.5, 0.6) is 5.75 Å². The third kappa shape index (κ3) is 4.89. The zero-order valence-corrected chi connectivity index (χ0v) is 11.8. The van der Waals surface area contributed by atoms with E-state index >= 15 is 0 Å². The van der Waals surface area contributed by atoms with Gasteiger partial charge < -0.3 is 10.1 Å². The average Bonchev–Trinajstić information content (AvgIpc) is 2.38. The molecule has 1 rings (SSSR count). The van der Waals surface area contributed by atoms with Crippen molar-refractivity contribution in [3.63, 3.8) is 0 Å². The summed E-state index contributed by atoms with van der Waals surface area (Å²) in [6.07, 6.45) is -2.12. The molecule has 0 fully saturated rings. The van der Waals surface area contributed by atoms with Gasteiger partial charge in [0.25, 0.3) is 0 Å².